The molecule has 0 saturated heterocycles. The van der Waals surface area contributed by atoms with Gasteiger partial charge in [-0.3, -0.25) is 0 Å². The third kappa shape index (κ3) is 2.08. The molecule has 0 amide bonds. The molecule has 4 nitrogen and oxygen atoms in total. The lowest BCUT2D eigenvalue weighted by Gasteiger charge is -2.24. The molecule has 16 heavy (non-hydrogen) atoms. The number of hydrogen-bond donors (Lipinski definition) is 1. The van der Waals surface area contributed by atoms with E-state index in [-0.39, 0.29) is 0 Å². The van der Waals surface area contributed by atoms with E-state index < -0.39 is 0 Å². The van der Waals surface area contributed by atoms with Gasteiger partial charge in [0, 0.05) is 18.8 Å². The van der Waals surface area contributed by atoms with Crippen molar-refractivity contribution >= 4 is 11.5 Å². The number of hydrogen-bond acceptors (Lipinski definition) is 4. The van der Waals surface area contributed by atoms with Gasteiger partial charge in [-0.1, -0.05) is 6.92 Å². The molecule has 1 fully saturated rings. The molecule has 2 N–H and O–H groups in total. The van der Waals surface area contributed by atoms with E-state index in [1.807, 2.05) is 6.07 Å². The second kappa shape index (κ2) is 4.40. The van der Waals surface area contributed by atoms with Gasteiger partial charge in [0.1, 0.15) is 6.07 Å². The number of nitrogen functional groups attached to an aromatic ring is 1. The standard InChI is InChI=1S/C12H16N4/c1-2-5-16(10-3-4-10)12-11(14)6-9(7-13)8-15-12/h6,8,10H,2-5,14H2,1H3. The predicted octanol–water partition coefficient (Wildman–Crippen LogP) is 1.91. The number of pyridine rings is 1. The SMILES string of the molecule is CCCN(c1ncc(C#N)cc1N)C1CC1. The Balaban J connectivity index is 2.27. The smallest absolute Gasteiger partial charge is 0.152 e. The minimum atomic E-state index is 0.522. The fraction of sp³-hybridized carbons (Fsp3) is 0.500. The molecule has 1 aliphatic rings. The van der Waals surface area contributed by atoms with Crippen LogP contribution in [-0.4, -0.2) is 17.6 Å². The second-order valence-electron chi connectivity index (χ2n) is 4.17. The summed E-state index contributed by atoms with van der Waals surface area (Å²) in [6, 6.07) is 4.35. The van der Waals surface area contributed by atoms with Crippen molar-refractivity contribution in [2.75, 3.05) is 17.2 Å². The van der Waals surface area contributed by atoms with Gasteiger partial charge < -0.3 is 10.6 Å². The molecule has 0 bridgehead atoms. The largest absolute Gasteiger partial charge is 0.396 e. The molecule has 0 aromatic carbocycles. The zero-order valence-corrected chi connectivity index (χ0v) is 9.48. The van der Waals surface area contributed by atoms with Crippen molar-refractivity contribution in [3.63, 3.8) is 0 Å². The average Bonchev–Trinajstić information content (AvgIpc) is 3.10. The van der Waals surface area contributed by atoms with Crippen LogP contribution < -0.4 is 10.6 Å². The highest BCUT2D eigenvalue weighted by atomic mass is 15.2. The fourth-order valence-corrected chi connectivity index (χ4v) is 1.86. The highest BCUT2D eigenvalue weighted by Crippen LogP contribution is 2.33. The summed E-state index contributed by atoms with van der Waals surface area (Å²) in [5, 5.41) is 8.76. The summed E-state index contributed by atoms with van der Waals surface area (Å²) in [4.78, 5) is 6.57. The van der Waals surface area contributed by atoms with Crippen LogP contribution in [0.1, 0.15) is 31.7 Å². The van der Waals surface area contributed by atoms with Crippen molar-refractivity contribution in [2.45, 2.75) is 32.2 Å². The van der Waals surface area contributed by atoms with E-state index in [0.717, 1.165) is 18.8 Å². The molecule has 4 heteroatoms. The number of nitrogens with two attached hydrogens (primary N) is 1. The minimum absolute atomic E-state index is 0.522. The summed E-state index contributed by atoms with van der Waals surface area (Å²) < 4.78 is 0. The van der Waals surface area contributed by atoms with E-state index in [0.29, 0.717) is 17.3 Å². The van der Waals surface area contributed by atoms with Crippen molar-refractivity contribution in [1.29, 1.82) is 5.26 Å². The molecule has 1 aromatic heterocycles. The molecule has 1 aliphatic carbocycles. The number of anilines is 2. The lowest BCUT2D eigenvalue weighted by atomic mass is 10.2. The molecular formula is C12H16N4. The Morgan fingerprint density at radius 2 is 2.38 bits per heavy atom. The van der Waals surface area contributed by atoms with E-state index >= 15 is 0 Å². The molecule has 1 saturated carbocycles. The van der Waals surface area contributed by atoms with Gasteiger partial charge in [0.05, 0.1) is 11.3 Å². The van der Waals surface area contributed by atoms with Gasteiger partial charge in [0.25, 0.3) is 0 Å². The van der Waals surface area contributed by atoms with E-state index in [9.17, 15) is 0 Å². The maximum Gasteiger partial charge on any atom is 0.152 e. The van der Waals surface area contributed by atoms with Crippen molar-refractivity contribution in [1.82, 2.24) is 4.98 Å². The lowest BCUT2D eigenvalue weighted by Crippen LogP contribution is -2.28. The van der Waals surface area contributed by atoms with Gasteiger partial charge in [-0.15, -0.1) is 0 Å². The third-order valence-corrected chi connectivity index (χ3v) is 2.75. The Hall–Kier alpha value is -1.76. The van der Waals surface area contributed by atoms with Gasteiger partial charge in [-0.05, 0) is 25.3 Å². The molecule has 0 radical (unpaired) electrons. The first-order valence-corrected chi connectivity index (χ1v) is 5.68. The Bertz CT molecular complexity index is 418. The van der Waals surface area contributed by atoms with Crippen LogP contribution in [0, 0.1) is 11.3 Å². The molecular weight excluding hydrogens is 200 g/mol. The lowest BCUT2D eigenvalue weighted by molar-refractivity contribution is 0.752. The topological polar surface area (TPSA) is 65.9 Å². The summed E-state index contributed by atoms with van der Waals surface area (Å²) in [6.07, 6.45) is 5.12. The molecule has 2 rings (SSSR count). The van der Waals surface area contributed by atoms with Crippen LogP contribution in [0.25, 0.3) is 0 Å². The molecule has 0 aliphatic heterocycles. The summed E-state index contributed by atoms with van der Waals surface area (Å²) in [5.74, 6) is 0.836. The molecule has 0 spiro atoms. The highest BCUT2D eigenvalue weighted by molar-refractivity contribution is 5.65. The first-order chi connectivity index (χ1) is 7.76. The first kappa shape index (κ1) is 10.7. The summed E-state index contributed by atoms with van der Waals surface area (Å²) in [7, 11) is 0. The van der Waals surface area contributed by atoms with Gasteiger partial charge in [-0.25, -0.2) is 4.98 Å². The van der Waals surface area contributed by atoms with Crippen LogP contribution in [0.15, 0.2) is 12.3 Å². The molecule has 0 unspecified atom stereocenters. The fourth-order valence-electron chi connectivity index (χ4n) is 1.86. The van der Waals surface area contributed by atoms with Crippen LogP contribution in [0.2, 0.25) is 0 Å². The Morgan fingerprint density at radius 3 is 2.88 bits per heavy atom. The van der Waals surface area contributed by atoms with E-state index in [1.165, 1.54) is 12.8 Å². The zero-order valence-electron chi connectivity index (χ0n) is 9.48. The predicted molar refractivity (Wildman–Crippen MR) is 64.0 cm³/mol. The van der Waals surface area contributed by atoms with Crippen LogP contribution in [0.5, 0.6) is 0 Å². The molecule has 0 atom stereocenters. The minimum Gasteiger partial charge on any atom is -0.396 e. The Labute approximate surface area is 95.7 Å². The number of rotatable bonds is 4. The van der Waals surface area contributed by atoms with Crippen LogP contribution >= 0.6 is 0 Å². The second-order valence-corrected chi connectivity index (χ2v) is 4.17. The van der Waals surface area contributed by atoms with Crippen molar-refractivity contribution in [2.24, 2.45) is 0 Å². The Kier molecular flexibility index (Phi) is 2.95. The third-order valence-electron chi connectivity index (χ3n) is 2.75. The summed E-state index contributed by atoms with van der Waals surface area (Å²) >= 11 is 0. The number of aromatic nitrogens is 1. The highest BCUT2D eigenvalue weighted by Gasteiger charge is 2.30. The molecule has 1 heterocycles. The zero-order chi connectivity index (χ0) is 11.5. The van der Waals surface area contributed by atoms with E-state index in [2.05, 4.69) is 16.8 Å². The van der Waals surface area contributed by atoms with Crippen molar-refractivity contribution in [3.05, 3.63) is 17.8 Å². The van der Waals surface area contributed by atoms with Gasteiger partial charge in [-0.2, -0.15) is 5.26 Å². The molecule has 1 aromatic rings. The quantitative estimate of drug-likeness (QED) is 0.835. The van der Waals surface area contributed by atoms with Crippen molar-refractivity contribution < 1.29 is 0 Å². The van der Waals surface area contributed by atoms with E-state index in [4.69, 9.17) is 11.0 Å². The monoisotopic (exact) mass is 216 g/mol. The van der Waals surface area contributed by atoms with E-state index in [1.54, 1.807) is 12.3 Å². The van der Waals surface area contributed by atoms with Crippen LogP contribution in [0.4, 0.5) is 11.5 Å². The average molecular weight is 216 g/mol. The van der Waals surface area contributed by atoms with Gasteiger partial charge >= 0.3 is 0 Å². The summed E-state index contributed by atoms with van der Waals surface area (Å²) in [6.45, 7) is 3.13. The Morgan fingerprint density at radius 1 is 1.62 bits per heavy atom. The van der Waals surface area contributed by atoms with Gasteiger partial charge in [0.15, 0.2) is 5.82 Å². The van der Waals surface area contributed by atoms with Crippen molar-refractivity contribution in [3.8, 4) is 6.07 Å². The number of nitriles is 1. The first-order valence-electron chi connectivity index (χ1n) is 5.68. The van der Waals surface area contributed by atoms with Crippen LogP contribution in [0.3, 0.4) is 0 Å². The van der Waals surface area contributed by atoms with Gasteiger partial charge in [0.2, 0.25) is 0 Å². The maximum atomic E-state index is 8.76. The number of nitrogens with zero attached hydrogens (tertiary/aromatic N) is 3. The van der Waals surface area contributed by atoms with Crippen LogP contribution in [-0.2, 0) is 0 Å². The maximum absolute atomic E-state index is 8.76. The molecule has 84 valence electrons. The summed E-state index contributed by atoms with van der Waals surface area (Å²) in [5.41, 5.74) is 7.07. The normalized spacial score (nSPS) is 14.5.